The van der Waals surface area contributed by atoms with Crippen LogP contribution in [0.1, 0.15) is 0 Å². The van der Waals surface area contributed by atoms with Gasteiger partial charge in [0.25, 0.3) is 0 Å². The highest BCUT2D eigenvalue weighted by Crippen LogP contribution is 2.22. The van der Waals surface area contributed by atoms with Crippen molar-refractivity contribution < 1.29 is 4.39 Å². The molecular weight excluding hydrogens is 322 g/mol. The molecule has 2 rings (SSSR count). The van der Waals surface area contributed by atoms with Crippen molar-refractivity contribution in [1.29, 1.82) is 0 Å². The molecule has 3 N–H and O–H groups in total. The number of nitrogens with two attached hydrogens (primary N) is 1. The van der Waals surface area contributed by atoms with Gasteiger partial charge in [-0.05, 0) is 34.7 Å². The summed E-state index contributed by atoms with van der Waals surface area (Å²) in [6.07, 6.45) is 1.04. The highest BCUT2D eigenvalue weighted by atomic mass is 127. The fraction of sp³-hybridized carbons (Fsp3) is 0. The van der Waals surface area contributed by atoms with Crippen molar-refractivity contribution in [2.24, 2.45) is 0 Å². The number of rotatable bonds is 2. The average Bonchev–Trinajstić information content (AvgIpc) is 2.27. The van der Waals surface area contributed by atoms with Gasteiger partial charge in [-0.2, -0.15) is 4.98 Å². The van der Waals surface area contributed by atoms with Gasteiger partial charge in [0.15, 0.2) is 11.6 Å². The minimum absolute atomic E-state index is 0.0369. The van der Waals surface area contributed by atoms with E-state index in [1.807, 2.05) is 24.3 Å². The number of benzene rings is 1. The third kappa shape index (κ3) is 2.38. The van der Waals surface area contributed by atoms with Gasteiger partial charge in [0.1, 0.15) is 0 Å². The summed E-state index contributed by atoms with van der Waals surface area (Å²) >= 11 is 2.15. The maximum atomic E-state index is 13.3. The van der Waals surface area contributed by atoms with Crippen molar-refractivity contribution in [3.8, 4) is 0 Å². The van der Waals surface area contributed by atoms with Crippen LogP contribution in [0.25, 0.3) is 0 Å². The SMILES string of the molecule is Nc1ncc(F)c(Nc2ccccc2I)n1. The predicted octanol–water partition coefficient (Wildman–Crippen LogP) is 2.55. The predicted molar refractivity (Wildman–Crippen MR) is 68.8 cm³/mol. The van der Waals surface area contributed by atoms with Gasteiger partial charge in [0.05, 0.1) is 11.9 Å². The second-order valence-corrected chi connectivity index (χ2v) is 4.19. The van der Waals surface area contributed by atoms with Crippen LogP contribution in [0.3, 0.4) is 0 Å². The van der Waals surface area contributed by atoms with Gasteiger partial charge >= 0.3 is 0 Å². The molecule has 0 unspecified atom stereocenters. The van der Waals surface area contributed by atoms with E-state index in [-0.39, 0.29) is 11.8 Å². The molecule has 1 aromatic heterocycles. The zero-order valence-electron chi connectivity index (χ0n) is 8.11. The summed E-state index contributed by atoms with van der Waals surface area (Å²) in [5.74, 6) is -0.416. The second-order valence-electron chi connectivity index (χ2n) is 3.03. The third-order valence-electron chi connectivity index (χ3n) is 1.89. The van der Waals surface area contributed by atoms with Gasteiger partial charge in [-0.1, -0.05) is 12.1 Å². The van der Waals surface area contributed by atoms with Crippen LogP contribution >= 0.6 is 22.6 Å². The number of para-hydroxylation sites is 1. The molecule has 0 aliphatic carbocycles. The van der Waals surface area contributed by atoms with Crippen LogP contribution in [0.2, 0.25) is 0 Å². The van der Waals surface area contributed by atoms with Crippen LogP contribution in [-0.2, 0) is 0 Å². The lowest BCUT2D eigenvalue weighted by molar-refractivity contribution is 0.620. The van der Waals surface area contributed by atoms with E-state index in [0.717, 1.165) is 15.5 Å². The smallest absolute Gasteiger partial charge is 0.222 e. The molecule has 1 aromatic carbocycles. The van der Waals surface area contributed by atoms with E-state index in [4.69, 9.17) is 5.73 Å². The monoisotopic (exact) mass is 330 g/mol. The molecule has 1 heterocycles. The topological polar surface area (TPSA) is 63.8 Å². The van der Waals surface area contributed by atoms with Gasteiger partial charge in [-0.15, -0.1) is 0 Å². The number of hydrogen-bond donors (Lipinski definition) is 2. The van der Waals surface area contributed by atoms with E-state index in [2.05, 4.69) is 37.9 Å². The molecule has 0 aliphatic rings. The van der Waals surface area contributed by atoms with Crippen LogP contribution in [0, 0.1) is 9.39 Å². The van der Waals surface area contributed by atoms with Crippen LogP contribution < -0.4 is 11.1 Å². The van der Waals surface area contributed by atoms with Crippen molar-refractivity contribution in [3.05, 3.63) is 39.8 Å². The minimum Gasteiger partial charge on any atom is -0.368 e. The van der Waals surface area contributed by atoms with E-state index >= 15 is 0 Å². The molecule has 0 saturated carbocycles. The first-order valence-corrected chi connectivity index (χ1v) is 5.54. The Morgan fingerprint density at radius 1 is 1.31 bits per heavy atom. The second kappa shape index (κ2) is 4.60. The fourth-order valence-corrected chi connectivity index (χ4v) is 1.68. The van der Waals surface area contributed by atoms with Gasteiger partial charge in [0, 0.05) is 3.57 Å². The quantitative estimate of drug-likeness (QED) is 0.831. The highest BCUT2D eigenvalue weighted by Gasteiger charge is 2.07. The lowest BCUT2D eigenvalue weighted by Gasteiger charge is -2.08. The molecule has 82 valence electrons. The van der Waals surface area contributed by atoms with Gasteiger partial charge in [0.2, 0.25) is 5.95 Å². The lowest BCUT2D eigenvalue weighted by Crippen LogP contribution is -2.03. The van der Waals surface area contributed by atoms with Crippen molar-refractivity contribution in [2.75, 3.05) is 11.1 Å². The zero-order chi connectivity index (χ0) is 11.5. The molecular formula is C10H8FIN4. The lowest BCUT2D eigenvalue weighted by atomic mass is 10.3. The van der Waals surface area contributed by atoms with E-state index in [1.165, 1.54) is 0 Å². The zero-order valence-corrected chi connectivity index (χ0v) is 10.3. The fourth-order valence-electron chi connectivity index (χ4n) is 1.16. The van der Waals surface area contributed by atoms with Crippen LogP contribution in [0.15, 0.2) is 30.5 Å². The van der Waals surface area contributed by atoms with E-state index in [1.54, 1.807) is 0 Å². The third-order valence-corrected chi connectivity index (χ3v) is 2.83. The Bertz CT molecular complexity index is 518. The molecule has 2 aromatic rings. The average molecular weight is 330 g/mol. The first-order valence-electron chi connectivity index (χ1n) is 4.46. The summed E-state index contributed by atoms with van der Waals surface area (Å²) in [6, 6.07) is 7.50. The first kappa shape index (κ1) is 11.1. The molecule has 0 amide bonds. The maximum absolute atomic E-state index is 13.3. The molecule has 16 heavy (non-hydrogen) atoms. The highest BCUT2D eigenvalue weighted by molar-refractivity contribution is 14.1. The molecule has 0 aliphatic heterocycles. The summed E-state index contributed by atoms with van der Waals surface area (Å²) in [7, 11) is 0. The Hall–Kier alpha value is -1.44. The molecule has 0 radical (unpaired) electrons. The Balaban J connectivity index is 2.34. The summed E-state index contributed by atoms with van der Waals surface area (Å²) < 4.78 is 14.3. The largest absolute Gasteiger partial charge is 0.368 e. The number of halogens is 2. The number of anilines is 3. The molecule has 0 bridgehead atoms. The van der Waals surface area contributed by atoms with E-state index in [9.17, 15) is 4.39 Å². The summed E-state index contributed by atoms with van der Waals surface area (Å²) in [5.41, 5.74) is 6.17. The van der Waals surface area contributed by atoms with Crippen molar-refractivity contribution >= 4 is 40.0 Å². The van der Waals surface area contributed by atoms with Crippen LogP contribution in [0.4, 0.5) is 21.8 Å². The Kier molecular flexibility index (Phi) is 3.18. The van der Waals surface area contributed by atoms with E-state index in [0.29, 0.717) is 0 Å². The number of nitrogens with zero attached hydrogens (tertiary/aromatic N) is 2. The van der Waals surface area contributed by atoms with E-state index < -0.39 is 5.82 Å². The van der Waals surface area contributed by atoms with Crippen LogP contribution in [-0.4, -0.2) is 9.97 Å². The van der Waals surface area contributed by atoms with Gasteiger partial charge < -0.3 is 11.1 Å². The standard InChI is InChI=1S/C10H8FIN4/c11-6-5-14-10(13)16-9(6)15-8-4-2-1-3-7(8)12/h1-5H,(H3,13,14,15,16). The number of nitrogen functional groups attached to an aromatic ring is 1. The molecule has 0 saturated heterocycles. The normalized spacial score (nSPS) is 10.1. The summed E-state index contributed by atoms with van der Waals surface area (Å²) in [6.45, 7) is 0. The summed E-state index contributed by atoms with van der Waals surface area (Å²) in [4.78, 5) is 7.34. The number of nitrogens with one attached hydrogen (secondary N) is 1. The number of aromatic nitrogens is 2. The van der Waals surface area contributed by atoms with Crippen molar-refractivity contribution in [2.45, 2.75) is 0 Å². The van der Waals surface area contributed by atoms with Crippen molar-refractivity contribution in [3.63, 3.8) is 0 Å². The van der Waals surface area contributed by atoms with Gasteiger partial charge in [-0.25, -0.2) is 9.37 Å². The Labute approximate surface area is 105 Å². The Morgan fingerprint density at radius 3 is 2.81 bits per heavy atom. The molecule has 0 spiro atoms. The molecule has 4 nitrogen and oxygen atoms in total. The maximum Gasteiger partial charge on any atom is 0.222 e. The minimum atomic E-state index is -0.533. The first-order chi connectivity index (χ1) is 7.66. The summed E-state index contributed by atoms with van der Waals surface area (Å²) in [5, 5.41) is 2.87. The molecule has 0 atom stereocenters. The van der Waals surface area contributed by atoms with Gasteiger partial charge in [-0.3, -0.25) is 0 Å². The van der Waals surface area contributed by atoms with Crippen LogP contribution in [0.5, 0.6) is 0 Å². The molecule has 0 fully saturated rings. The molecule has 6 heteroatoms. The van der Waals surface area contributed by atoms with Crippen molar-refractivity contribution in [1.82, 2.24) is 9.97 Å². The Morgan fingerprint density at radius 2 is 2.06 bits per heavy atom. The number of hydrogen-bond acceptors (Lipinski definition) is 4.